The molecule has 0 unspecified atom stereocenters. The van der Waals surface area contributed by atoms with Crippen LogP contribution in [0, 0.1) is 5.92 Å². The highest BCUT2D eigenvalue weighted by molar-refractivity contribution is 4.90. The first-order valence-electron chi connectivity index (χ1n) is 5.28. The minimum atomic E-state index is 0.818. The van der Waals surface area contributed by atoms with Gasteiger partial charge in [-0.25, -0.2) is 0 Å². The van der Waals surface area contributed by atoms with Crippen molar-refractivity contribution in [3.8, 4) is 0 Å². The topological polar surface area (TPSA) is 15.3 Å². The van der Waals surface area contributed by atoms with Crippen LogP contribution in [0.2, 0.25) is 0 Å². The lowest BCUT2D eigenvalue weighted by molar-refractivity contribution is 0.338. The molecule has 0 spiro atoms. The summed E-state index contributed by atoms with van der Waals surface area (Å²) in [5.74, 6) is 0.957. The van der Waals surface area contributed by atoms with Gasteiger partial charge in [-0.05, 0) is 32.4 Å². The van der Waals surface area contributed by atoms with Crippen molar-refractivity contribution in [3.63, 3.8) is 0 Å². The lowest BCUT2D eigenvalue weighted by Gasteiger charge is -2.24. The second-order valence-electron chi connectivity index (χ2n) is 3.68. The molecule has 0 bridgehead atoms. The molecule has 2 heterocycles. The smallest absolute Gasteiger partial charge is 0.0235 e. The van der Waals surface area contributed by atoms with E-state index in [-0.39, 0.29) is 0 Å². The van der Waals surface area contributed by atoms with Gasteiger partial charge < -0.3 is 10.2 Å². The highest BCUT2D eigenvalue weighted by Gasteiger charge is 2.31. The van der Waals surface area contributed by atoms with Gasteiger partial charge in [0, 0.05) is 19.1 Å². The van der Waals surface area contributed by atoms with Crippen LogP contribution in [-0.4, -0.2) is 37.6 Å². The van der Waals surface area contributed by atoms with Crippen LogP contribution < -0.4 is 5.32 Å². The van der Waals surface area contributed by atoms with Crippen molar-refractivity contribution in [2.75, 3.05) is 26.7 Å². The summed E-state index contributed by atoms with van der Waals surface area (Å²) in [6.07, 6.45) is 2.83. The number of hydrogen-bond acceptors (Lipinski definition) is 2. The Hall–Kier alpha value is -0.0800. The van der Waals surface area contributed by atoms with Gasteiger partial charge in [0.25, 0.3) is 0 Å². The van der Waals surface area contributed by atoms with Crippen LogP contribution in [0.15, 0.2) is 0 Å². The molecular formula is C10H22N2. The van der Waals surface area contributed by atoms with Crippen LogP contribution in [-0.2, 0) is 0 Å². The largest absolute Gasteiger partial charge is 0.312 e. The number of piperidine rings is 1. The van der Waals surface area contributed by atoms with Gasteiger partial charge in [0.15, 0.2) is 0 Å². The summed E-state index contributed by atoms with van der Waals surface area (Å²) in [4.78, 5) is 2.44. The first-order valence-corrected chi connectivity index (χ1v) is 5.28. The SMILES string of the molecule is CC.CN1C[C@@H]2CCCN[C@@H]2C1. The molecule has 2 aliphatic rings. The third kappa shape index (κ3) is 2.20. The number of nitrogens with zero attached hydrogens (tertiary/aromatic N) is 1. The Kier molecular flexibility index (Phi) is 4.02. The van der Waals surface area contributed by atoms with Gasteiger partial charge in [-0.1, -0.05) is 13.8 Å². The normalized spacial score (nSPS) is 35.2. The Morgan fingerprint density at radius 3 is 2.67 bits per heavy atom. The first-order chi connectivity index (χ1) is 5.86. The number of rotatable bonds is 0. The van der Waals surface area contributed by atoms with E-state index in [1.165, 1.54) is 32.5 Å². The van der Waals surface area contributed by atoms with Gasteiger partial charge in [-0.3, -0.25) is 0 Å². The van der Waals surface area contributed by atoms with Crippen molar-refractivity contribution in [2.45, 2.75) is 32.7 Å². The van der Waals surface area contributed by atoms with Crippen LogP contribution >= 0.6 is 0 Å². The van der Waals surface area contributed by atoms with Crippen molar-refractivity contribution in [2.24, 2.45) is 5.92 Å². The number of likely N-dealkylation sites (tertiary alicyclic amines) is 1. The maximum atomic E-state index is 3.57. The lowest BCUT2D eigenvalue weighted by atomic mass is 9.94. The fourth-order valence-electron chi connectivity index (χ4n) is 2.26. The maximum Gasteiger partial charge on any atom is 0.0235 e. The van der Waals surface area contributed by atoms with E-state index in [4.69, 9.17) is 0 Å². The summed E-state index contributed by atoms with van der Waals surface area (Å²) in [5, 5.41) is 3.57. The minimum absolute atomic E-state index is 0.818. The van der Waals surface area contributed by atoms with Crippen molar-refractivity contribution >= 4 is 0 Å². The van der Waals surface area contributed by atoms with E-state index in [1.54, 1.807) is 0 Å². The zero-order valence-electron chi connectivity index (χ0n) is 8.64. The average Bonchev–Trinajstić information content (AvgIpc) is 2.48. The third-order valence-corrected chi connectivity index (χ3v) is 2.78. The minimum Gasteiger partial charge on any atom is -0.312 e. The molecule has 2 aliphatic heterocycles. The fourth-order valence-corrected chi connectivity index (χ4v) is 2.26. The summed E-state index contributed by atoms with van der Waals surface area (Å²) in [7, 11) is 2.22. The molecular weight excluding hydrogens is 148 g/mol. The van der Waals surface area contributed by atoms with E-state index in [9.17, 15) is 0 Å². The summed E-state index contributed by atoms with van der Waals surface area (Å²) in [5.41, 5.74) is 0. The maximum absolute atomic E-state index is 3.57. The molecule has 0 aromatic carbocycles. The summed E-state index contributed by atoms with van der Waals surface area (Å²) >= 11 is 0. The predicted octanol–water partition coefficient (Wildman–Crippen LogP) is 1.33. The molecule has 0 amide bonds. The number of hydrogen-bond donors (Lipinski definition) is 1. The highest BCUT2D eigenvalue weighted by Crippen LogP contribution is 2.23. The molecule has 2 atom stereocenters. The van der Waals surface area contributed by atoms with Crippen LogP contribution in [0.5, 0.6) is 0 Å². The standard InChI is InChI=1S/C8H16N2.C2H6/c1-10-5-7-3-2-4-9-8(7)6-10;1-2/h7-9H,2-6H2,1H3;1-2H3/t7-,8+;/m0./s1. The third-order valence-electron chi connectivity index (χ3n) is 2.78. The van der Waals surface area contributed by atoms with Crippen molar-refractivity contribution in [3.05, 3.63) is 0 Å². The zero-order chi connectivity index (χ0) is 8.97. The molecule has 0 aromatic rings. The van der Waals surface area contributed by atoms with Crippen molar-refractivity contribution in [1.29, 1.82) is 0 Å². The molecule has 2 saturated heterocycles. The van der Waals surface area contributed by atoms with Gasteiger partial charge in [-0.2, -0.15) is 0 Å². The van der Waals surface area contributed by atoms with E-state index in [2.05, 4.69) is 17.3 Å². The van der Waals surface area contributed by atoms with Crippen LogP contribution in [0.3, 0.4) is 0 Å². The Labute approximate surface area is 76.3 Å². The Bertz CT molecular complexity index is 111. The zero-order valence-corrected chi connectivity index (χ0v) is 8.64. The molecule has 0 saturated carbocycles. The fraction of sp³-hybridized carbons (Fsp3) is 1.00. The van der Waals surface area contributed by atoms with Crippen molar-refractivity contribution in [1.82, 2.24) is 10.2 Å². The molecule has 0 radical (unpaired) electrons. The second-order valence-corrected chi connectivity index (χ2v) is 3.68. The van der Waals surface area contributed by atoms with E-state index < -0.39 is 0 Å². The van der Waals surface area contributed by atoms with Gasteiger partial charge in [0.05, 0.1) is 0 Å². The van der Waals surface area contributed by atoms with Gasteiger partial charge in [0.1, 0.15) is 0 Å². The second kappa shape index (κ2) is 4.83. The number of fused-ring (bicyclic) bond motifs is 1. The Balaban J connectivity index is 0.000000336. The lowest BCUT2D eigenvalue weighted by Crippen LogP contribution is -2.40. The molecule has 2 nitrogen and oxygen atoms in total. The Morgan fingerprint density at radius 1 is 1.25 bits per heavy atom. The van der Waals surface area contributed by atoms with Crippen molar-refractivity contribution < 1.29 is 0 Å². The van der Waals surface area contributed by atoms with Crippen LogP contribution in [0.1, 0.15) is 26.7 Å². The molecule has 0 aliphatic carbocycles. The monoisotopic (exact) mass is 170 g/mol. The molecule has 72 valence electrons. The van der Waals surface area contributed by atoms with E-state index in [1.807, 2.05) is 13.8 Å². The summed E-state index contributed by atoms with van der Waals surface area (Å²) < 4.78 is 0. The summed E-state index contributed by atoms with van der Waals surface area (Å²) in [6, 6.07) is 0.818. The van der Waals surface area contributed by atoms with E-state index in [0.717, 1.165) is 12.0 Å². The van der Waals surface area contributed by atoms with E-state index >= 15 is 0 Å². The van der Waals surface area contributed by atoms with Gasteiger partial charge in [-0.15, -0.1) is 0 Å². The molecule has 0 aromatic heterocycles. The average molecular weight is 170 g/mol. The molecule has 1 N–H and O–H groups in total. The quantitative estimate of drug-likeness (QED) is 0.590. The molecule has 2 heteroatoms. The van der Waals surface area contributed by atoms with E-state index in [0.29, 0.717) is 0 Å². The van der Waals surface area contributed by atoms with Crippen LogP contribution in [0.4, 0.5) is 0 Å². The Morgan fingerprint density at radius 2 is 2.00 bits per heavy atom. The van der Waals surface area contributed by atoms with Crippen LogP contribution in [0.25, 0.3) is 0 Å². The van der Waals surface area contributed by atoms with Gasteiger partial charge in [0.2, 0.25) is 0 Å². The molecule has 2 fully saturated rings. The molecule has 12 heavy (non-hydrogen) atoms. The highest BCUT2D eigenvalue weighted by atomic mass is 15.2. The molecule has 2 rings (SSSR count). The first kappa shape index (κ1) is 10.0. The number of likely N-dealkylation sites (N-methyl/N-ethyl adjacent to an activating group) is 1. The van der Waals surface area contributed by atoms with Gasteiger partial charge >= 0.3 is 0 Å². The predicted molar refractivity (Wildman–Crippen MR) is 53.4 cm³/mol. The number of nitrogens with one attached hydrogen (secondary N) is 1. The summed E-state index contributed by atoms with van der Waals surface area (Å²) in [6.45, 7) is 7.83.